The Kier molecular flexibility index (Phi) is 5.52. The Labute approximate surface area is 212 Å². The Morgan fingerprint density at radius 3 is 2.08 bits per heavy atom. The molecule has 0 atom stereocenters. The zero-order valence-electron chi connectivity index (χ0n) is 21.9. The molecule has 0 N–H and O–H groups in total. The number of nitrogens with zero attached hydrogens (tertiary/aromatic N) is 2. The van der Waals surface area contributed by atoms with Gasteiger partial charge in [-0.3, -0.25) is 0 Å². The number of unbranched alkanes of at least 4 members (excludes halogenated alkanes) is 1. The highest BCUT2D eigenvalue weighted by Gasteiger charge is 2.15. The number of furan rings is 1. The van der Waals surface area contributed by atoms with Gasteiger partial charge in [0, 0.05) is 58.1 Å². The minimum absolute atomic E-state index is 0.528. The number of aryl methyl sites for hydroxylation is 3. The molecule has 0 bridgehead atoms. The van der Waals surface area contributed by atoms with Gasteiger partial charge >= 0.3 is 0 Å². The molecule has 0 fully saturated rings. The monoisotopic (exact) mass is 474 g/mol. The topological polar surface area (TPSA) is 23.0 Å². The molecule has 3 heterocycles. The quantitative estimate of drug-likeness (QED) is 0.236. The van der Waals surface area contributed by atoms with Gasteiger partial charge in [0.25, 0.3) is 0 Å². The molecule has 3 aromatic carbocycles. The van der Waals surface area contributed by atoms with E-state index in [9.17, 15) is 0 Å². The van der Waals surface area contributed by atoms with Gasteiger partial charge in [-0.2, -0.15) is 0 Å². The zero-order valence-corrected chi connectivity index (χ0v) is 21.9. The fraction of sp³-hybridized carbons (Fsp3) is 0.273. The number of aromatic nitrogens is 2. The van der Waals surface area contributed by atoms with Crippen molar-refractivity contribution < 1.29 is 4.42 Å². The van der Waals surface area contributed by atoms with Crippen LogP contribution in [0.2, 0.25) is 0 Å². The van der Waals surface area contributed by atoms with Crippen molar-refractivity contribution in [3.05, 3.63) is 78.0 Å². The summed E-state index contributed by atoms with van der Waals surface area (Å²) in [7, 11) is 4.31. The van der Waals surface area contributed by atoms with Gasteiger partial charge in [-0.15, -0.1) is 0 Å². The Bertz CT molecular complexity index is 1750. The van der Waals surface area contributed by atoms with Gasteiger partial charge in [-0.05, 0) is 72.4 Å². The second-order valence-corrected chi connectivity index (χ2v) is 10.5. The van der Waals surface area contributed by atoms with E-state index in [1.54, 1.807) is 0 Å². The van der Waals surface area contributed by atoms with E-state index in [0.29, 0.717) is 5.92 Å². The molecule has 0 spiro atoms. The Balaban J connectivity index is 1.46. The molecule has 36 heavy (non-hydrogen) atoms. The molecular formula is C33H34N2O. The summed E-state index contributed by atoms with van der Waals surface area (Å²) >= 11 is 0. The van der Waals surface area contributed by atoms with Crippen LogP contribution in [0.1, 0.15) is 44.9 Å². The number of rotatable bonds is 6. The molecule has 0 saturated carbocycles. The molecule has 6 rings (SSSR count). The zero-order chi connectivity index (χ0) is 25.0. The van der Waals surface area contributed by atoms with Crippen molar-refractivity contribution in [1.82, 2.24) is 9.13 Å². The number of hydrogen-bond acceptors (Lipinski definition) is 1. The van der Waals surface area contributed by atoms with Gasteiger partial charge in [0.2, 0.25) is 0 Å². The highest BCUT2D eigenvalue weighted by molar-refractivity contribution is 6.13. The lowest BCUT2D eigenvalue weighted by Crippen LogP contribution is -1.92. The van der Waals surface area contributed by atoms with Crippen LogP contribution in [-0.2, 0) is 20.5 Å². The van der Waals surface area contributed by atoms with Crippen LogP contribution in [0.15, 0.2) is 71.2 Å². The first kappa shape index (κ1) is 22.7. The summed E-state index contributed by atoms with van der Waals surface area (Å²) in [6.07, 6.45) is 8.09. The summed E-state index contributed by atoms with van der Waals surface area (Å²) in [5, 5.41) is 4.76. The lowest BCUT2D eigenvalue weighted by Gasteiger charge is -2.06. The molecule has 0 aliphatic rings. The lowest BCUT2D eigenvalue weighted by atomic mass is 10.0. The van der Waals surface area contributed by atoms with Crippen molar-refractivity contribution in [2.45, 2.75) is 40.0 Å². The van der Waals surface area contributed by atoms with Crippen LogP contribution >= 0.6 is 0 Å². The molecule has 0 saturated heterocycles. The molecule has 0 amide bonds. The molecule has 3 heteroatoms. The molecule has 6 aromatic rings. The molecule has 3 aromatic heterocycles. The first-order chi connectivity index (χ1) is 17.4. The van der Waals surface area contributed by atoms with E-state index in [4.69, 9.17) is 4.42 Å². The highest BCUT2D eigenvalue weighted by atomic mass is 16.3. The highest BCUT2D eigenvalue weighted by Crippen LogP contribution is 2.37. The van der Waals surface area contributed by atoms with Gasteiger partial charge < -0.3 is 13.6 Å². The van der Waals surface area contributed by atoms with Gasteiger partial charge in [0.05, 0.1) is 0 Å². The van der Waals surface area contributed by atoms with Gasteiger partial charge in [0.1, 0.15) is 11.2 Å². The van der Waals surface area contributed by atoms with Gasteiger partial charge in [0.15, 0.2) is 0 Å². The molecule has 0 unspecified atom stereocenters. The maximum atomic E-state index is 6.39. The second-order valence-electron chi connectivity index (χ2n) is 10.5. The van der Waals surface area contributed by atoms with E-state index in [0.717, 1.165) is 17.6 Å². The summed E-state index contributed by atoms with van der Waals surface area (Å²) in [4.78, 5) is 0. The van der Waals surface area contributed by atoms with E-state index in [-0.39, 0.29) is 0 Å². The number of hydrogen-bond donors (Lipinski definition) is 0. The summed E-state index contributed by atoms with van der Waals surface area (Å²) in [5.41, 5.74) is 9.45. The molecule has 3 nitrogen and oxygen atoms in total. The van der Waals surface area contributed by atoms with Crippen LogP contribution < -0.4 is 0 Å². The SMILES string of the molecule is CCCCc1ccc(-c2cc3cc4oc5cc6cc(/C=C/C(C)C)n(C)c6cc5c4cc3n2C)cc1. The number of allylic oxidation sites excluding steroid dienone is 1. The van der Waals surface area contributed by atoms with Crippen LogP contribution in [0.3, 0.4) is 0 Å². The van der Waals surface area contributed by atoms with Gasteiger partial charge in [-0.25, -0.2) is 0 Å². The third kappa shape index (κ3) is 3.74. The van der Waals surface area contributed by atoms with Crippen LogP contribution in [0.5, 0.6) is 0 Å². The van der Waals surface area contributed by atoms with E-state index < -0.39 is 0 Å². The Morgan fingerprint density at radius 1 is 0.806 bits per heavy atom. The average Bonchev–Trinajstić information content (AvgIpc) is 3.49. The van der Waals surface area contributed by atoms with E-state index >= 15 is 0 Å². The fourth-order valence-corrected chi connectivity index (χ4v) is 5.41. The molecule has 182 valence electrons. The Morgan fingerprint density at radius 2 is 1.44 bits per heavy atom. The van der Waals surface area contributed by atoms with E-state index in [1.165, 1.54) is 67.9 Å². The van der Waals surface area contributed by atoms with E-state index in [2.05, 4.69) is 117 Å². The van der Waals surface area contributed by atoms with Crippen LogP contribution in [0.25, 0.3) is 61.1 Å². The van der Waals surface area contributed by atoms with Crippen molar-refractivity contribution in [1.29, 1.82) is 0 Å². The normalized spacial score (nSPS) is 12.5. The van der Waals surface area contributed by atoms with Crippen molar-refractivity contribution in [3.8, 4) is 11.3 Å². The van der Waals surface area contributed by atoms with Crippen LogP contribution in [-0.4, -0.2) is 9.13 Å². The molecule has 0 radical (unpaired) electrons. The van der Waals surface area contributed by atoms with Gasteiger partial charge in [-0.1, -0.05) is 57.5 Å². The second kappa shape index (κ2) is 8.74. The molecular weight excluding hydrogens is 440 g/mol. The van der Waals surface area contributed by atoms with Crippen molar-refractivity contribution in [3.63, 3.8) is 0 Å². The summed E-state index contributed by atoms with van der Waals surface area (Å²) in [6, 6.07) is 22.6. The summed E-state index contributed by atoms with van der Waals surface area (Å²) in [5.74, 6) is 0.528. The first-order valence-corrected chi connectivity index (χ1v) is 13.2. The number of fused-ring (bicyclic) bond motifs is 5. The van der Waals surface area contributed by atoms with Crippen molar-refractivity contribution in [2.24, 2.45) is 20.0 Å². The predicted octanol–water partition coefficient (Wildman–Crippen LogP) is 9.25. The van der Waals surface area contributed by atoms with Crippen LogP contribution in [0.4, 0.5) is 0 Å². The fourth-order valence-electron chi connectivity index (χ4n) is 5.41. The average molecular weight is 475 g/mol. The molecule has 0 aliphatic heterocycles. The molecule has 0 aliphatic carbocycles. The summed E-state index contributed by atoms with van der Waals surface area (Å²) in [6.45, 7) is 6.65. The largest absolute Gasteiger partial charge is 0.456 e. The minimum Gasteiger partial charge on any atom is -0.456 e. The predicted molar refractivity (Wildman–Crippen MR) is 155 cm³/mol. The first-order valence-electron chi connectivity index (χ1n) is 13.2. The maximum absolute atomic E-state index is 6.39. The van der Waals surface area contributed by atoms with Crippen LogP contribution in [0, 0.1) is 5.92 Å². The smallest absolute Gasteiger partial charge is 0.136 e. The lowest BCUT2D eigenvalue weighted by molar-refractivity contribution is 0.670. The van der Waals surface area contributed by atoms with E-state index in [1.807, 2.05) is 0 Å². The standard InChI is InChI=1S/C33H34N2O/c1-6-7-8-22-10-12-23(13-11-22)29-16-25-18-33-28(20-31(25)35(29)5)27-19-30-24(17-32(27)36-33)15-26(34(30)4)14-9-21(2)3/h9-21H,6-8H2,1-5H3/b14-9+. The van der Waals surface area contributed by atoms with Crippen molar-refractivity contribution in [2.75, 3.05) is 0 Å². The van der Waals surface area contributed by atoms with Crippen molar-refractivity contribution >= 4 is 49.8 Å². The Hall–Kier alpha value is -3.72. The summed E-state index contributed by atoms with van der Waals surface area (Å²) < 4.78 is 11.0. The maximum Gasteiger partial charge on any atom is 0.136 e. The minimum atomic E-state index is 0.528. The number of benzene rings is 3. The third-order valence-corrected chi connectivity index (χ3v) is 7.56. The third-order valence-electron chi connectivity index (χ3n) is 7.56.